The molecular formula is C20H28ClN5O4S. The van der Waals surface area contributed by atoms with Crippen molar-refractivity contribution in [3.8, 4) is 0 Å². The van der Waals surface area contributed by atoms with E-state index < -0.39 is 16.2 Å². The molecule has 1 unspecified atom stereocenters. The van der Waals surface area contributed by atoms with Crippen LogP contribution in [0.5, 0.6) is 0 Å². The summed E-state index contributed by atoms with van der Waals surface area (Å²) in [5, 5.41) is 7.13. The van der Waals surface area contributed by atoms with Crippen molar-refractivity contribution in [2.24, 2.45) is 7.05 Å². The van der Waals surface area contributed by atoms with Gasteiger partial charge >= 0.3 is 16.2 Å². The first-order valence-electron chi connectivity index (χ1n) is 10.2. The highest BCUT2D eigenvalue weighted by Crippen LogP contribution is 2.27. The zero-order valence-corrected chi connectivity index (χ0v) is 19.4. The number of carbonyl (C=O) groups excluding carboxylic acids is 1. The number of aromatic nitrogens is 2. The summed E-state index contributed by atoms with van der Waals surface area (Å²) in [6, 6.07) is 4.01. The minimum Gasteiger partial charge on any atom is -0.381 e. The van der Waals surface area contributed by atoms with Crippen LogP contribution >= 0.6 is 11.6 Å². The van der Waals surface area contributed by atoms with Gasteiger partial charge in [0.2, 0.25) is 0 Å². The normalized spacial score (nSPS) is 16.0. The Balaban J connectivity index is 1.80. The number of aryl methyl sites for hydroxylation is 1. The third-order valence-corrected chi connectivity index (χ3v) is 7.00. The number of benzene rings is 1. The van der Waals surface area contributed by atoms with Crippen LogP contribution in [-0.4, -0.2) is 43.5 Å². The largest absolute Gasteiger partial charge is 0.381 e. The minimum absolute atomic E-state index is 0.251. The molecule has 31 heavy (non-hydrogen) atoms. The van der Waals surface area contributed by atoms with Gasteiger partial charge in [0.15, 0.2) is 0 Å². The highest BCUT2D eigenvalue weighted by molar-refractivity contribution is 7.91. The van der Waals surface area contributed by atoms with E-state index in [-0.39, 0.29) is 12.0 Å². The number of nitrogens with zero attached hydrogens (tertiary/aromatic N) is 3. The molecule has 1 aromatic heterocycles. The van der Waals surface area contributed by atoms with Gasteiger partial charge < -0.3 is 10.1 Å². The number of ether oxygens (including phenoxy) is 1. The van der Waals surface area contributed by atoms with Crippen molar-refractivity contribution in [2.45, 2.75) is 45.1 Å². The lowest BCUT2D eigenvalue weighted by Gasteiger charge is -2.33. The molecule has 0 bridgehead atoms. The van der Waals surface area contributed by atoms with Crippen LogP contribution in [0.15, 0.2) is 30.6 Å². The number of nitrogens with one attached hydrogen (secondary N) is 2. The Bertz CT molecular complexity index is 1020. The van der Waals surface area contributed by atoms with Crippen LogP contribution in [0.2, 0.25) is 5.02 Å². The van der Waals surface area contributed by atoms with Crippen molar-refractivity contribution < 1.29 is 17.9 Å². The summed E-state index contributed by atoms with van der Waals surface area (Å²) in [5.74, 6) is 0.251. The average Bonchev–Trinajstić information content (AvgIpc) is 3.12. The molecule has 0 aliphatic carbocycles. The Morgan fingerprint density at radius 3 is 2.68 bits per heavy atom. The molecule has 1 aliphatic rings. The van der Waals surface area contributed by atoms with Gasteiger partial charge in [0, 0.05) is 37.2 Å². The quantitative estimate of drug-likeness (QED) is 0.644. The summed E-state index contributed by atoms with van der Waals surface area (Å²) >= 11 is 6.18. The Labute approximate surface area is 187 Å². The molecule has 9 nitrogen and oxygen atoms in total. The van der Waals surface area contributed by atoms with Crippen LogP contribution in [-0.2, 0) is 22.0 Å². The minimum atomic E-state index is -4.19. The Morgan fingerprint density at radius 2 is 2.06 bits per heavy atom. The van der Waals surface area contributed by atoms with Crippen LogP contribution in [0, 0.1) is 0 Å². The smallest absolute Gasteiger partial charge is 0.334 e. The maximum Gasteiger partial charge on any atom is 0.334 e. The highest BCUT2D eigenvalue weighted by atomic mass is 35.5. The summed E-state index contributed by atoms with van der Waals surface area (Å²) in [6.45, 7) is 5.01. The highest BCUT2D eigenvalue weighted by Gasteiger charge is 2.33. The third-order valence-electron chi connectivity index (χ3n) is 5.31. The van der Waals surface area contributed by atoms with Crippen molar-refractivity contribution in [3.05, 3.63) is 41.2 Å². The van der Waals surface area contributed by atoms with Crippen LogP contribution in [0.3, 0.4) is 0 Å². The number of hydrogen-bond acceptors (Lipinski definition) is 5. The Morgan fingerprint density at radius 1 is 1.35 bits per heavy atom. The molecule has 0 radical (unpaired) electrons. The number of halogens is 1. The average molecular weight is 470 g/mol. The zero-order valence-electron chi connectivity index (χ0n) is 17.8. The van der Waals surface area contributed by atoms with Gasteiger partial charge in [0.25, 0.3) is 0 Å². The summed E-state index contributed by atoms with van der Waals surface area (Å²) < 4.78 is 36.6. The van der Waals surface area contributed by atoms with Crippen molar-refractivity contribution in [2.75, 3.05) is 22.8 Å². The number of rotatable bonds is 7. The Kier molecular flexibility index (Phi) is 7.45. The first-order chi connectivity index (χ1) is 14.7. The maximum atomic E-state index is 13.2. The molecular weight excluding hydrogens is 442 g/mol. The zero-order chi connectivity index (χ0) is 22.6. The van der Waals surface area contributed by atoms with Crippen LogP contribution < -0.4 is 14.3 Å². The van der Waals surface area contributed by atoms with E-state index >= 15 is 0 Å². The van der Waals surface area contributed by atoms with Gasteiger partial charge in [-0.05, 0) is 48.9 Å². The number of amides is 2. The van der Waals surface area contributed by atoms with E-state index in [2.05, 4.69) is 29.0 Å². The van der Waals surface area contributed by atoms with E-state index in [1.807, 2.05) is 6.07 Å². The molecule has 1 saturated heterocycles. The van der Waals surface area contributed by atoms with E-state index in [9.17, 15) is 13.2 Å². The van der Waals surface area contributed by atoms with Crippen LogP contribution in [0.1, 0.15) is 44.6 Å². The van der Waals surface area contributed by atoms with Gasteiger partial charge in [-0.15, -0.1) is 0 Å². The van der Waals surface area contributed by atoms with E-state index in [0.717, 1.165) is 12.0 Å². The predicted molar refractivity (Wildman–Crippen MR) is 121 cm³/mol. The monoisotopic (exact) mass is 469 g/mol. The number of carbonyl (C=O) groups is 1. The Hall–Kier alpha value is -2.30. The molecule has 0 saturated carbocycles. The van der Waals surface area contributed by atoms with E-state index in [1.165, 1.54) is 15.2 Å². The molecule has 2 amide bonds. The lowest BCUT2D eigenvalue weighted by Crippen LogP contribution is -2.51. The van der Waals surface area contributed by atoms with Crippen molar-refractivity contribution in [1.82, 2.24) is 14.5 Å². The van der Waals surface area contributed by atoms with Gasteiger partial charge in [-0.25, -0.2) is 13.8 Å². The van der Waals surface area contributed by atoms with E-state index in [1.54, 1.807) is 25.4 Å². The molecule has 3 rings (SSSR count). The molecule has 170 valence electrons. The first kappa shape index (κ1) is 23.4. The van der Waals surface area contributed by atoms with E-state index in [4.69, 9.17) is 16.3 Å². The molecule has 1 aliphatic heterocycles. The topological polar surface area (TPSA) is 106 Å². The molecule has 2 N–H and O–H groups in total. The summed E-state index contributed by atoms with van der Waals surface area (Å²) in [5.41, 5.74) is 1.78. The van der Waals surface area contributed by atoms with Gasteiger partial charge in [-0.2, -0.15) is 13.5 Å². The summed E-state index contributed by atoms with van der Waals surface area (Å²) in [7, 11) is -2.49. The van der Waals surface area contributed by atoms with Crippen molar-refractivity contribution >= 4 is 39.2 Å². The summed E-state index contributed by atoms with van der Waals surface area (Å²) in [4.78, 5) is 12.6. The fourth-order valence-corrected chi connectivity index (χ4v) is 5.12. The van der Waals surface area contributed by atoms with Crippen molar-refractivity contribution in [3.63, 3.8) is 0 Å². The molecule has 11 heteroatoms. The molecule has 0 spiro atoms. The third kappa shape index (κ3) is 5.90. The number of hydrogen-bond donors (Lipinski definition) is 2. The molecule has 2 aromatic rings. The standard InChI is InChI=1S/C20H28ClN5O4S/c1-4-14(2)15-9-16(21)11-17(10-15)23-20(27)24-31(28,29)26(18-5-7-30-8-6-18)19-12-22-25(3)13-19/h9-14,18H,4-8H2,1-3H3,(H2,23,24,27). The van der Waals surface area contributed by atoms with Crippen LogP contribution in [0.4, 0.5) is 16.2 Å². The van der Waals surface area contributed by atoms with Crippen molar-refractivity contribution in [1.29, 1.82) is 0 Å². The first-order valence-corrected chi connectivity index (χ1v) is 12.0. The summed E-state index contributed by atoms with van der Waals surface area (Å²) in [6.07, 6.45) is 5.00. The fourth-order valence-electron chi connectivity index (χ4n) is 3.52. The van der Waals surface area contributed by atoms with Gasteiger partial charge in [0.1, 0.15) is 0 Å². The molecule has 2 heterocycles. The predicted octanol–water partition coefficient (Wildman–Crippen LogP) is 3.64. The van der Waals surface area contributed by atoms with Gasteiger partial charge in [-0.1, -0.05) is 25.4 Å². The van der Waals surface area contributed by atoms with Gasteiger partial charge in [0.05, 0.1) is 17.9 Å². The second kappa shape index (κ2) is 9.88. The van der Waals surface area contributed by atoms with E-state index in [0.29, 0.717) is 42.5 Å². The lowest BCUT2D eigenvalue weighted by atomic mass is 9.98. The molecule has 1 aromatic carbocycles. The fraction of sp³-hybridized carbons (Fsp3) is 0.500. The lowest BCUT2D eigenvalue weighted by molar-refractivity contribution is 0.0875. The second-order valence-electron chi connectivity index (χ2n) is 7.66. The number of anilines is 2. The van der Waals surface area contributed by atoms with Gasteiger partial charge in [-0.3, -0.25) is 4.68 Å². The molecule has 1 atom stereocenters. The molecule has 1 fully saturated rings. The maximum absolute atomic E-state index is 13.2. The number of urea groups is 1. The second-order valence-corrected chi connectivity index (χ2v) is 9.64. The SMILES string of the molecule is CCC(C)c1cc(Cl)cc(NC(=O)NS(=O)(=O)N(c2cnn(C)c2)C2CCOCC2)c1. The van der Waals surface area contributed by atoms with Crippen LogP contribution in [0.25, 0.3) is 0 Å².